The first-order chi connectivity index (χ1) is 10.7. The van der Waals surface area contributed by atoms with Crippen LogP contribution < -0.4 is 4.90 Å². The summed E-state index contributed by atoms with van der Waals surface area (Å²) in [7, 11) is 2.10. The summed E-state index contributed by atoms with van der Waals surface area (Å²) >= 11 is 7.30. The molecular formula is C20H16ClN. The largest absolute Gasteiger partial charge is 0.344 e. The van der Waals surface area contributed by atoms with Crippen molar-refractivity contribution in [1.82, 2.24) is 0 Å². The first kappa shape index (κ1) is 13.4. The first-order valence-corrected chi connectivity index (χ1v) is 7.78. The maximum Gasteiger partial charge on any atom is 0.123 e. The molecule has 0 radical (unpaired) electrons. The molecule has 1 heterocycles. The molecule has 4 rings (SSSR count). The van der Waals surface area contributed by atoms with Crippen LogP contribution in [0.2, 0.25) is 0 Å². The number of anilines is 2. The lowest BCUT2D eigenvalue weighted by atomic mass is 9.79. The van der Waals surface area contributed by atoms with Gasteiger partial charge < -0.3 is 4.90 Å². The third-order valence-corrected chi connectivity index (χ3v) is 5.07. The smallest absolute Gasteiger partial charge is 0.123 e. The molecule has 0 atom stereocenters. The van der Waals surface area contributed by atoms with Gasteiger partial charge >= 0.3 is 0 Å². The minimum Gasteiger partial charge on any atom is -0.344 e. The lowest BCUT2D eigenvalue weighted by molar-refractivity contribution is 0.846. The lowest BCUT2D eigenvalue weighted by Crippen LogP contribution is -2.32. The number of hydrogen-bond acceptors (Lipinski definition) is 1. The molecule has 0 unspecified atom stereocenters. The number of hydrogen-bond donors (Lipinski definition) is 0. The van der Waals surface area contributed by atoms with Gasteiger partial charge in [-0.25, -0.2) is 0 Å². The average molecular weight is 306 g/mol. The zero-order valence-electron chi connectivity index (χ0n) is 12.3. The van der Waals surface area contributed by atoms with Crippen LogP contribution in [-0.2, 0) is 4.87 Å². The highest BCUT2D eigenvalue weighted by Crippen LogP contribution is 2.53. The Morgan fingerprint density at radius 2 is 1.14 bits per heavy atom. The molecule has 0 N–H and O–H groups in total. The van der Waals surface area contributed by atoms with Gasteiger partial charge in [-0.1, -0.05) is 66.7 Å². The van der Waals surface area contributed by atoms with Gasteiger partial charge in [0.15, 0.2) is 0 Å². The Labute approximate surface area is 135 Å². The fourth-order valence-corrected chi connectivity index (χ4v) is 3.81. The van der Waals surface area contributed by atoms with E-state index in [0.29, 0.717) is 0 Å². The Morgan fingerprint density at radius 1 is 0.682 bits per heavy atom. The predicted octanol–water partition coefficient (Wildman–Crippen LogP) is 5.30. The molecule has 0 aromatic heterocycles. The van der Waals surface area contributed by atoms with E-state index in [2.05, 4.69) is 72.6 Å². The van der Waals surface area contributed by atoms with Crippen molar-refractivity contribution in [3.8, 4) is 0 Å². The molecule has 1 nitrogen and oxygen atoms in total. The van der Waals surface area contributed by atoms with Crippen molar-refractivity contribution in [1.29, 1.82) is 0 Å². The Balaban J connectivity index is 2.09. The van der Waals surface area contributed by atoms with E-state index < -0.39 is 4.87 Å². The monoisotopic (exact) mass is 305 g/mol. The molecule has 108 valence electrons. The van der Waals surface area contributed by atoms with Gasteiger partial charge in [0.1, 0.15) is 4.87 Å². The van der Waals surface area contributed by atoms with Gasteiger partial charge in [0, 0.05) is 29.5 Å². The van der Waals surface area contributed by atoms with Gasteiger partial charge in [0.05, 0.1) is 0 Å². The summed E-state index contributed by atoms with van der Waals surface area (Å²) in [6.07, 6.45) is 0. The van der Waals surface area contributed by atoms with Gasteiger partial charge in [0.25, 0.3) is 0 Å². The highest BCUT2D eigenvalue weighted by atomic mass is 35.5. The summed E-state index contributed by atoms with van der Waals surface area (Å²) < 4.78 is 0. The molecular weight excluding hydrogens is 290 g/mol. The molecule has 1 aliphatic rings. The van der Waals surface area contributed by atoms with Crippen LogP contribution in [0.25, 0.3) is 0 Å². The van der Waals surface area contributed by atoms with Crippen molar-refractivity contribution >= 4 is 23.0 Å². The van der Waals surface area contributed by atoms with Crippen molar-refractivity contribution in [2.45, 2.75) is 4.87 Å². The van der Waals surface area contributed by atoms with E-state index in [4.69, 9.17) is 11.6 Å². The number of para-hydroxylation sites is 2. The van der Waals surface area contributed by atoms with Crippen LogP contribution in [0.5, 0.6) is 0 Å². The summed E-state index contributed by atoms with van der Waals surface area (Å²) in [6, 6.07) is 27.1. The zero-order chi connectivity index (χ0) is 15.2. The van der Waals surface area contributed by atoms with Crippen molar-refractivity contribution in [3.05, 3.63) is 95.6 Å². The van der Waals surface area contributed by atoms with E-state index in [1.54, 1.807) is 0 Å². The second kappa shape index (κ2) is 4.89. The maximum atomic E-state index is 7.30. The van der Waals surface area contributed by atoms with E-state index >= 15 is 0 Å². The van der Waals surface area contributed by atoms with Crippen molar-refractivity contribution in [2.24, 2.45) is 0 Å². The lowest BCUT2D eigenvalue weighted by Gasteiger charge is -2.41. The van der Waals surface area contributed by atoms with Crippen molar-refractivity contribution in [2.75, 3.05) is 11.9 Å². The minimum atomic E-state index is -0.652. The SMILES string of the molecule is CN1c2ccccc2C(Cl)(c2ccccc2)c2ccccc21. The number of fused-ring (bicyclic) bond motifs is 2. The number of halogens is 1. The molecule has 0 bridgehead atoms. The van der Waals surface area contributed by atoms with Gasteiger partial charge in [-0.3, -0.25) is 0 Å². The van der Waals surface area contributed by atoms with Crippen molar-refractivity contribution < 1.29 is 0 Å². The molecule has 0 saturated heterocycles. The van der Waals surface area contributed by atoms with Gasteiger partial charge in [-0.15, -0.1) is 11.6 Å². The second-order valence-corrected chi connectivity index (χ2v) is 6.18. The fraction of sp³-hybridized carbons (Fsp3) is 0.100. The molecule has 0 amide bonds. The van der Waals surface area contributed by atoms with Crippen LogP contribution in [0, 0.1) is 0 Å². The van der Waals surface area contributed by atoms with Crippen LogP contribution in [-0.4, -0.2) is 7.05 Å². The van der Waals surface area contributed by atoms with Gasteiger partial charge in [-0.2, -0.15) is 0 Å². The van der Waals surface area contributed by atoms with Crippen LogP contribution in [0.4, 0.5) is 11.4 Å². The van der Waals surface area contributed by atoms with E-state index in [1.807, 2.05) is 18.2 Å². The maximum absolute atomic E-state index is 7.30. The molecule has 3 aromatic carbocycles. The van der Waals surface area contributed by atoms with Crippen LogP contribution in [0.3, 0.4) is 0 Å². The number of alkyl halides is 1. The molecule has 0 spiro atoms. The number of benzene rings is 3. The average Bonchev–Trinajstić information content (AvgIpc) is 2.60. The highest BCUT2D eigenvalue weighted by molar-refractivity contribution is 6.29. The number of nitrogens with zero attached hydrogens (tertiary/aromatic N) is 1. The number of rotatable bonds is 1. The van der Waals surface area contributed by atoms with Crippen LogP contribution in [0.1, 0.15) is 16.7 Å². The quantitative estimate of drug-likeness (QED) is 0.552. The van der Waals surface area contributed by atoms with Crippen molar-refractivity contribution in [3.63, 3.8) is 0 Å². The highest BCUT2D eigenvalue weighted by Gasteiger charge is 2.42. The third-order valence-electron chi connectivity index (χ3n) is 4.44. The summed E-state index contributed by atoms with van der Waals surface area (Å²) in [5.41, 5.74) is 5.66. The predicted molar refractivity (Wildman–Crippen MR) is 93.1 cm³/mol. The van der Waals surface area contributed by atoms with E-state index in [1.165, 1.54) is 0 Å². The molecule has 0 saturated carbocycles. The standard InChI is InChI=1S/C20H16ClN/c1-22-18-13-7-5-11-16(18)20(21,15-9-3-2-4-10-15)17-12-6-8-14-19(17)22/h2-14H,1H3. The van der Waals surface area contributed by atoms with Gasteiger partial charge in [0.2, 0.25) is 0 Å². The topological polar surface area (TPSA) is 3.24 Å². The zero-order valence-corrected chi connectivity index (χ0v) is 13.1. The van der Waals surface area contributed by atoms with Crippen LogP contribution >= 0.6 is 11.6 Å². The summed E-state index contributed by atoms with van der Waals surface area (Å²) in [5, 5.41) is 0. The Morgan fingerprint density at radius 3 is 1.68 bits per heavy atom. The summed E-state index contributed by atoms with van der Waals surface area (Å²) in [6.45, 7) is 0. The van der Waals surface area contributed by atoms with Crippen LogP contribution in [0.15, 0.2) is 78.9 Å². The summed E-state index contributed by atoms with van der Waals surface area (Å²) in [4.78, 5) is 1.56. The van der Waals surface area contributed by atoms with Gasteiger partial charge in [-0.05, 0) is 17.7 Å². The normalized spacial score (nSPS) is 15.1. The minimum absolute atomic E-state index is 0.652. The molecule has 0 aliphatic carbocycles. The Kier molecular flexibility index (Phi) is 2.98. The van der Waals surface area contributed by atoms with E-state index in [-0.39, 0.29) is 0 Å². The molecule has 0 fully saturated rings. The Bertz CT molecular complexity index is 778. The molecule has 22 heavy (non-hydrogen) atoms. The first-order valence-electron chi connectivity index (χ1n) is 7.40. The molecule has 3 aromatic rings. The second-order valence-electron chi connectivity index (χ2n) is 5.62. The summed E-state index contributed by atoms with van der Waals surface area (Å²) in [5.74, 6) is 0. The van der Waals surface area contributed by atoms with E-state index in [0.717, 1.165) is 28.1 Å². The molecule has 2 heteroatoms. The fourth-order valence-electron chi connectivity index (χ4n) is 3.37. The van der Waals surface area contributed by atoms with E-state index in [9.17, 15) is 0 Å². The Hall–Kier alpha value is -2.25. The molecule has 1 aliphatic heterocycles. The third kappa shape index (κ3) is 1.72.